The summed E-state index contributed by atoms with van der Waals surface area (Å²) in [5, 5.41) is 2.45. The van der Waals surface area contributed by atoms with Gasteiger partial charge in [-0.2, -0.15) is 0 Å². The number of sulfonamides is 1. The number of nitrogens with zero attached hydrogens (tertiary/aromatic N) is 1. The first kappa shape index (κ1) is 15.0. The van der Waals surface area contributed by atoms with Crippen LogP contribution in [0.2, 0.25) is 0 Å². The second kappa shape index (κ2) is 5.73. The third-order valence-electron chi connectivity index (χ3n) is 3.15. The van der Waals surface area contributed by atoms with Crippen molar-refractivity contribution in [1.82, 2.24) is 9.71 Å². The topological polar surface area (TPSA) is 101 Å². The van der Waals surface area contributed by atoms with E-state index in [1.54, 1.807) is 30.3 Å². The average molecular weight is 331 g/mol. The lowest BCUT2D eigenvalue weighted by atomic mass is 10.2. The number of hydrogen-bond donors (Lipinski definition) is 2. The quantitative estimate of drug-likeness (QED) is 0.768. The zero-order valence-electron chi connectivity index (χ0n) is 12.1. The van der Waals surface area contributed by atoms with Crippen LogP contribution >= 0.6 is 0 Å². The second-order valence-corrected chi connectivity index (χ2v) is 6.59. The van der Waals surface area contributed by atoms with Crippen LogP contribution in [0, 0.1) is 6.92 Å². The standard InChI is InChI=1S/C15H13N3O4S/c1-10-2-5-12(6-3-10)23(20,21)18-15(19)17-11-4-7-14-13(8-11)16-9-22-14/h2-9H,1H3,(H2,17,18,19). The minimum atomic E-state index is -3.92. The van der Waals surface area contributed by atoms with Crippen molar-refractivity contribution in [2.24, 2.45) is 0 Å². The minimum Gasteiger partial charge on any atom is -0.443 e. The lowest BCUT2D eigenvalue weighted by Crippen LogP contribution is -2.34. The van der Waals surface area contributed by atoms with E-state index >= 15 is 0 Å². The van der Waals surface area contributed by atoms with Crippen LogP contribution in [0.1, 0.15) is 5.56 Å². The highest BCUT2D eigenvalue weighted by molar-refractivity contribution is 7.90. The lowest BCUT2D eigenvalue weighted by Gasteiger charge is -2.08. The Kier molecular flexibility index (Phi) is 3.75. The molecule has 118 valence electrons. The van der Waals surface area contributed by atoms with Crippen molar-refractivity contribution < 1.29 is 17.6 Å². The minimum absolute atomic E-state index is 0.0187. The van der Waals surface area contributed by atoms with Crippen molar-refractivity contribution >= 4 is 32.8 Å². The normalized spacial score (nSPS) is 11.3. The van der Waals surface area contributed by atoms with Gasteiger partial charge in [0.15, 0.2) is 12.0 Å². The molecular weight excluding hydrogens is 318 g/mol. The van der Waals surface area contributed by atoms with Crippen LogP contribution in [0.15, 0.2) is 58.2 Å². The molecule has 0 saturated heterocycles. The van der Waals surface area contributed by atoms with E-state index in [0.29, 0.717) is 16.8 Å². The Hall–Kier alpha value is -2.87. The molecule has 0 atom stereocenters. The van der Waals surface area contributed by atoms with Crippen molar-refractivity contribution in [2.45, 2.75) is 11.8 Å². The molecule has 1 heterocycles. The Balaban J connectivity index is 1.74. The molecule has 0 bridgehead atoms. The second-order valence-electron chi connectivity index (χ2n) is 4.91. The number of carbonyl (C=O) groups excluding carboxylic acids is 1. The third kappa shape index (κ3) is 3.32. The molecule has 3 aromatic rings. The molecular formula is C15H13N3O4S. The molecule has 0 aliphatic heterocycles. The molecule has 0 unspecified atom stereocenters. The van der Waals surface area contributed by atoms with Crippen LogP contribution in [-0.4, -0.2) is 19.4 Å². The molecule has 2 aromatic carbocycles. The van der Waals surface area contributed by atoms with E-state index in [1.807, 2.05) is 11.6 Å². The van der Waals surface area contributed by atoms with Gasteiger partial charge in [-0.1, -0.05) is 17.7 Å². The van der Waals surface area contributed by atoms with Gasteiger partial charge in [0.25, 0.3) is 10.0 Å². The molecule has 0 aliphatic carbocycles. The van der Waals surface area contributed by atoms with Crippen molar-refractivity contribution in [2.75, 3.05) is 5.32 Å². The van der Waals surface area contributed by atoms with Gasteiger partial charge in [-0.15, -0.1) is 0 Å². The smallest absolute Gasteiger partial charge is 0.333 e. The molecule has 2 N–H and O–H groups in total. The molecule has 8 heteroatoms. The van der Waals surface area contributed by atoms with Gasteiger partial charge in [-0.3, -0.25) is 0 Å². The Bertz CT molecular complexity index is 962. The number of carbonyl (C=O) groups is 1. The Labute approximate surface area is 132 Å². The number of aromatic nitrogens is 1. The van der Waals surface area contributed by atoms with E-state index in [1.165, 1.54) is 18.5 Å². The lowest BCUT2D eigenvalue weighted by molar-refractivity contribution is 0.256. The average Bonchev–Trinajstić information content (AvgIpc) is 2.94. The summed E-state index contributed by atoms with van der Waals surface area (Å²) < 4.78 is 31.3. The fourth-order valence-corrected chi connectivity index (χ4v) is 2.90. The van der Waals surface area contributed by atoms with Crippen molar-refractivity contribution in [1.29, 1.82) is 0 Å². The molecule has 3 rings (SSSR count). The fourth-order valence-electron chi connectivity index (χ4n) is 1.99. The number of anilines is 1. The van der Waals surface area contributed by atoms with Crippen molar-refractivity contribution in [3.63, 3.8) is 0 Å². The van der Waals surface area contributed by atoms with Crippen LogP contribution in [0.3, 0.4) is 0 Å². The van der Waals surface area contributed by atoms with Crippen LogP contribution in [-0.2, 0) is 10.0 Å². The van der Waals surface area contributed by atoms with Gasteiger partial charge < -0.3 is 9.73 Å². The Morgan fingerprint density at radius 2 is 1.87 bits per heavy atom. The van der Waals surface area contributed by atoms with Gasteiger partial charge in [0.1, 0.15) is 5.52 Å². The van der Waals surface area contributed by atoms with E-state index < -0.39 is 16.1 Å². The summed E-state index contributed by atoms with van der Waals surface area (Å²) in [4.78, 5) is 15.9. The summed E-state index contributed by atoms with van der Waals surface area (Å²) in [5.41, 5.74) is 2.46. The van der Waals surface area contributed by atoms with E-state index in [9.17, 15) is 13.2 Å². The van der Waals surface area contributed by atoms with Crippen LogP contribution in [0.5, 0.6) is 0 Å². The first-order valence-electron chi connectivity index (χ1n) is 6.68. The monoisotopic (exact) mass is 331 g/mol. The first-order valence-corrected chi connectivity index (χ1v) is 8.16. The van der Waals surface area contributed by atoms with Gasteiger partial charge in [0.2, 0.25) is 0 Å². The Morgan fingerprint density at radius 1 is 1.13 bits per heavy atom. The van der Waals surface area contributed by atoms with E-state index in [4.69, 9.17) is 4.42 Å². The maximum atomic E-state index is 12.1. The summed E-state index contributed by atoms with van der Waals surface area (Å²) >= 11 is 0. The highest BCUT2D eigenvalue weighted by atomic mass is 32.2. The van der Waals surface area contributed by atoms with Crippen LogP contribution in [0.4, 0.5) is 10.5 Å². The number of fused-ring (bicyclic) bond motifs is 1. The number of amides is 2. The molecule has 2 amide bonds. The van der Waals surface area contributed by atoms with Gasteiger partial charge >= 0.3 is 6.03 Å². The molecule has 0 fully saturated rings. The predicted molar refractivity (Wildman–Crippen MR) is 84.5 cm³/mol. The van der Waals surface area contributed by atoms with E-state index in [0.717, 1.165) is 5.56 Å². The summed E-state index contributed by atoms with van der Waals surface area (Å²) in [6.45, 7) is 1.84. The highest BCUT2D eigenvalue weighted by Gasteiger charge is 2.17. The largest absolute Gasteiger partial charge is 0.443 e. The molecule has 7 nitrogen and oxygen atoms in total. The maximum absolute atomic E-state index is 12.1. The number of hydrogen-bond acceptors (Lipinski definition) is 5. The summed E-state index contributed by atoms with van der Waals surface area (Å²) in [5.74, 6) is 0. The number of benzene rings is 2. The summed E-state index contributed by atoms with van der Waals surface area (Å²) in [7, 11) is -3.92. The van der Waals surface area contributed by atoms with Crippen LogP contribution in [0.25, 0.3) is 11.1 Å². The van der Waals surface area contributed by atoms with Gasteiger partial charge in [-0.25, -0.2) is 22.9 Å². The Morgan fingerprint density at radius 3 is 2.61 bits per heavy atom. The number of rotatable bonds is 3. The molecule has 0 radical (unpaired) electrons. The molecule has 23 heavy (non-hydrogen) atoms. The number of nitrogens with one attached hydrogen (secondary N) is 2. The zero-order valence-corrected chi connectivity index (χ0v) is 12.9. The van der Waals surface area contributed by atoms with Crippen molar-refractivity contribution in [3.8, 4) is 0 Å². The van der Waals surface area contributed by atoms with E-state index in [2.05, 4.69) is 10.3 Å². The number of urea groups is 1. The first-order chi connectivity index (χ1) is 10.9. The maximum Gasteiger partial charge on any atom is 0.333 e. The third-order valence-corrected chi connectivity index (χ3v) is 4.49. The molecule has 0 spiro atoms. The predicted octanol–water partition coefficient (Wildman–Crippen LogP) is 2.65. The number of oxazole rings is 1. The van der Waals surface area contributed by atoms with Gasteiger partial charge in [0, 0.05) is 5.69 Å². The summed E-state index contributed by atoms with van der Waals surface area (Å²) in [6, 6.07) is 10.1. The molecule has 0 saturated carbocycles. The fraction of sp³-hybridized carbons (Fsp3) is 0.0667. The van der Waals surface area contributed by atoms with Gasteiger partial charge in [0.05, 0.1) is 4.90 Å². The van der Waals surface area contributed by atoms with Crippen LogP contribution < -0.4 is 10.0 Å². The zero-order chi connectivity index (χ0) is 16.4. The van der Waals surface area contributed by atoms with E-state index in [-0.39, 0.29) is 4.90 Å². The van der Waals surface area contributed by atoms with Crippen molar-refractivity contribution in [3.05, 3.63) is 54.4 Å². The molecule has 1 aromatic heterocycles. The number of aryl methyl sites for hydroxylation is 1. The summed E-state index contributed by atoms with van der Waals surface area (Å²) in [6.07, 6.45) is 1.29. The molecule has 0 aliphatic rings. The van der Waals surface area contributed by atoms with Gasteiger partial charge in [-0.05, 0) is 37.3 Å². The highest BCUT2D eigenvalue weighted by Crippen LogP contribution is 2.17. The SMILES string of the molecule is Cc1ccc(S(=O)(=O)NC(=O)Nc2ccc3ocnc3c2)cc1.